The Hall–Kier alpha value is -0.0400. The average molecular weight is 236 g/mol. The molecule has 3 rings (SSSR count). The Morgan fingerprint density at radius 1 is 0.941 bits per heavy atom. The molecule has 2 aliphatic carbocycles. The van der Waals surface area contributed by atoms with E-state index in [0.29, 0.717) is 16.9 Å². The zero-order chi connectivity index (χ0) is 12.1. The standard InChI is InChI=1S/C16H28O/c1-15(2)9-5-10-16(3)12-6-4-11-17-13(12)7-8-14(15)16/h12-14H,4-11H2,1-3H3/t12-,13?,14?,16+/m1/s1. The number of hydrogen-bond donors (Lipinski definition) is 0. The molecule has 1 aliphatic heterocycles. The quantitative estimate of drug-likeness (QED) is 0.605. The van der Waals surface area contributed by atoms with Crippen LogP contribution in [0.25, 0.3) is 0 Å². The van der Waals surface area contributed by atoms with E-state index in [0.717, 1.165) is 18.4 Å². The van der Waals surface area contributed by atoms with Gasteiger partial charge in [0.05, 0.1) is 6.10 Å². The van der Waals surface area contributed by atoms with Crippen molar-refractivity contribution in [3.8, 4) is 0 Å². The Morgan fingerprint density at radius 3 is 2.59 bits per heavy atom. The molecule has 98 valence electrons. The molecule has 2 unspecified atom stereocenters. The van der Waals surface area contributed by atoms with E-state index in [2.05, 4.69) is 20.8 Å². The highest BCUT2D eigenvalue weighted by molar-refractivity contribution is 5.04. The molecule has 1 nitrogen and oxygen atoms in total. The van der Waals surface area contributed by atoms with Crippen molar-refractivity contribution < 1.29 is 4.74 Å². The van der Waals surface area contributed by atoms with Gasteiger partial charge < -0.3 is 4.74 Å². The SMILES string of the molecule is CC1(C)CCC[C@]2(C)C1CCC1OCCC[C@H]12. The molecule has 1 heterocycles. The molecule has 3 aliphatic rings. The van der Waals surface area contributed by atoms with Gasteiger partial charge in [0, 0.05) is 6.61 Å². The molecule has 4 atom stereocenters. The van der Waals surface area contributed by atoms with Crippen molar-refractivity contribution in [1.82, 2.24) is 0 Å². The molecule has 0 N–H and O–H groups in total. The van der Waals surface area contributed by atoms with Crippen LogP contribution in [0.2, 0.25) is 0 Å². The largest absolute Gasteiger partial charge is 0.378 e. The maximum Gasteiger partial charge on any atom is 0.0608 e. The predicted octanol–water partition coefficient (Wildman–Crippen LogP) is 4.41. The minimum absolute atomic E-state index is 0.565. The summed E-state index contributed by atoms with van der Waals surface area (Å²) < 4.78 is 6.06. The molecule has 2 saturated carbocycles. The van der Waals surface area contributed by atoms with Gasteiger partial charge in [-0.25, -0.2) is 0 Å². The fourth-order valence-corrected chi connectivity index (χ4v) is 5.54. The van der Waals surface area contributed by atoms with E-state index >= 15 is 0 Å². The maximum atomic E-state index is 6.06. The van der Waals surface area contributed by atoms with Crippen LogP contribution in [-0.4, -0.2) is 12.7 Å². The highest BCUT2D eigenvalue weighted by Gasteiger charge is 2.55. The lowest BCUT2D eigenvalue weighted by molar-refractivity contribution is -0.163. The number of rotatable bonds is 0. The summed E-state index contributed by atoms with van der Waals surface area (Å²) >= 11 is 0. The molecule has 0 amide bonds. The fraction of sp³-hybridized carbons (Fsp3) is 1.00. The Bertz CT molecular complexity index is 296. The second kappa shape index (κ2) is 3.98. The Morgan fingerprint density at radius 2 is 1.76 bits per heavy atom. The van der Waals surface area contributed by atoms with Gasteiger partial charge in [-0.3, -0.25) is 0 Å². The number of ether oxygens (including phenoxy) is 1. The molecular formula is C16H28O. The molecule has 0 aromatic rings. The lowest BCUT2D eigenvalue weighted by atomic mass is 9.47. The second-order valence-electron chi connectivity index (χ2n) is 7.64. The summed E-state index contributed by atoms with van der Waals surface area (Å²) in [7, 11) is 0. The Balaban J connectivity index is 1.90. The van der Waals surface area contributed by atoms with Crippen LogP contribution in [0, 0.1) is 22.7 Å². The van der Waals surface area contributed by atoms with Crippen LogP contribution in [0.3, 0.4) is 0 Å². The predicted molar refractivity (Wildman–Crippen MR) is 70.9 cm³/mol. The highest BCUT2D eigenvalue weighted by atomic mass is 16.5. The van der Waals surface area contributed by atoms with Gasteiger partial charge in [0.25, 0.3) is 0 Å². The lowest BCUT2D eigenvalue weighted by Crippen LogP contribution is -2.54. The molecule has 1 saturated heterocycles. The molecule has 0 bridgehead atoms. The second-order valence-corrected chi connectivity index (χ2v) is 7.64. The number of hydrogen-bond acceptors (Lipinski definition) is 1. The first-order chi connectivity index (χ1) is 8.04. The monoisotopic (exact) mass is 236 g/mol. The summed E-state index contributed by atoms with van der Waals surface area (Å²) in [6.07, 6.45) is 10.4. The van der Waals surface area contributed by atoms with Crippen LogP contribution >= 0.6 is 0 Å². The minimum Gasteiger partial charge on any atom is -0.378 e. The van der Waals surface area contributed by atoms with Gasteiger partial charge in [0.15, 0.2) is 0 Å². The van der Waals surface area contributed by atoms with Crippen LogP contribution in [-0.2, 0) is 4.74 Å². The van der Waals surface area contributed by atoms with Crippen LogP contribution < -0.4 is 0 Å². The molecule has 17 heavy (non-hydrogen) atoms. The first-order valence-electron chi connectivity index (χ1n) is 7.66. The van der Waals surface area contributed by atoms with E-state index < -0.39 is 0 Å². The summed E-state index contributed by atoms with van der Waals surface area (Å²) in [5.74, 6) is 1.79. The normalized spacial score (nSPS) is 49.2. The Kier molecular flexibility index (Phi) is 2.81. The van der Waals surface area contributed by atoms with Gasteiger partial charge in [-0.2, -0.15) is 0 Å². The Labute approximate surface area is 106 Å². The summed E-state index contributed by atoms with van der Waals surface area (Å²) in [6.45, 7) is 8.63. The third kappa shape index (κ3) is 1.77. The van der Waals surface area contributed by atoms with Gasteiger partial charge >= 0.3 is 0 Å². The van der Waals surface area contributed by atoms with Gasteiger partial charge in [-0.15, -0.1) is 0 Å². The van der Waals surface area contributed by atoms with Crippen LogP contribution in [0.4, 0.5) is 0 Å². The van der Waals surface area contributed by atoms with Crippen LogP contribution in [0.5, 0.6) is 0 Å². The van der Waals surface area contributed by atoms with E-state index in [4.69, 9.17) is 4.74 Å². The summed E-state index contributed by atoms with van der Waals surface area (Å²) in [5.41, 5.74) is 1.14. The van der Waals surface area contributed by atoms with E-state index in [1.807, 2.05) is 0 Å². The zero-order valence-corrected chi connectivity index (χ0v) is 11.8. The molecule has 0 spiro atoms. The average Bonchev–Trinajstić information content (AvgIpc) is 2.28. The third-order valence-electron chi connectivity index (χ3n) is 6.30. The van der Waals surface area contributed by atoms with Crippen LogP contribution in [0.15, 0.2) is 0 Å². The molecular weight excluding hydrogens is 208 g/mol. The first-order valence-corrected chi connectivity index (χ1v) is 7.66. The van der Waals surface area contributed by atoms with Crippen LogP contribution in [0.1, 0.15) is 65.7 Å². The molecule has 0 aromatic carbocycles. The molecule has 1 heteroatoms. The van der Waals surface area contributed by atoms with Gasteiger partial charge in [-0.1, -0.05) is 27.2 Å². The van der Waals surface area contributed by atoms with E-state index in [9.17, 15) is 0 Å². The van der Waals surface area contributed by atoms with Crippen molar-refractivity contribution in [2.75, 3.05) is 6.61 Å². The van der Waals surface area contributed by atoms with E-state index in [1.165, 1.54) is 44.9 Å². The third-order valence-corrected chi connectivity index (χ3v) is 6.30. The van der Waals surface area contributed by atoms with Crippen molar-refractivity contribution in [2.45, 2.75) is 71.8 Å². The summed E-state index contributed by atoms with van der Waals surface area (Å²) in [4.78, 5) is 0. The molecule has 0 radical (unpaired) electrons. The van der Waals surface area contributed by atoms with Gasteiger partial charge in [0.2, 0.25) is 0 Å². The smallest absolute Gasteiger partial charge is 0.0608 e. The van der Waals surface area contributed by atoms with E-state index in [-0.39, 0.29) is 0 Å². The topological polar surface area (TPSA) is 9.23 Å². The van der Waals surface area contributed by atoms with Crippen molar-refractivity contribution in [3.05, 3.63) is 0 Å². The fourth-order valence-electron chi connectivity index (χ4n) is 5.54. The van der Waals surface area contributed by atoms with Gasteiger partial charge in [-0.05, 0) is 61.2 Å². The maximum absolute atomic E-state index is 6.06. The van der Waals surface area contributed by atoms with Crippen molar-refractivity contribution in [1.29, 1.82) is 0 Å². The van der Waals surface area contributed by atoms with Gasteiger partial charge in [0.1, 0.15) is 0 Å². The zero-order valence-electron chi connectivity index (χ0n) is 11.8. The molecule has 3 fully saturated rings. The van der Waals surface area contributed by atoms with Crippen molar-refractivity contribution in [2.24, 2.45) is 22.7 Å². The summed E-state index contributed by atoms with van der Waals surface area (Å²) in [5, 5.41) is 0. The van der Waals surface area contributed by atoms with E-state index in [1.54, 1.807) is 0 Å². The summed E-state index contributed by atoms with van der Waals surface area (Å²) in [6, 6.07) is 0. The minimum atomic E-state index is 0.565. The highest BCUT2D eigenvalue weighted by Crippen LogP contribution is 2.61. The molecule has 0 aromatic heterocycles. The van der Waals surface area contributed by atoms with Crippen molar-refractivity contribution >= 4 is 0 Å². The lowest BCUT2D eigenvalue weighted by Gasteiger charge is -2.60. The van der Waals surface area contributed by atoms with Crippen molar-refractivity contribution in [3.63, 3.8) is 0 Å². The first kappa shape index (κ1) is 12.0. The number of fused-ring (bicyclic) bond motifs is 3.